The molecule has 0 fully saturated rings. The van der Waals surface area contributed by atoms with Crippen LogP contribution in [0.1, 0.15) is 0 Å². The van der Waals surface area contributed by atoms with Crippen molar-refractivity contribution in [2.75, 3.05) is 4.90 Å². The van der Waals surface area contributed by atoms with Gasteiger partial charge in [0, 0.05) is 32.7 Å². The van der Waals surface area contributed by atoms with Crippen molar-refractivity contribution in [3.05, 3.63) is 140 Å². The molecule has 0 radical (unpaired) electrons. The Kier molecular flexibility index (Phi) is 4.78. The molecule has 4 heterocycles. The maximum atomic E-state index is 6.52. The number of para-hydroxylation sites is 2. The first-order chi connectivity index (χ1) is 23.3. The summed E-state index contributed by atoms with van der Waals surface area (Å²) in [5, 5.41) is 7.83. The van der Waals surface area contributed by atoms with Crippen molar-refractivity contribution in [1.29, 1.82) is 0 Å². The minimum Gasteiger partial charge on any atom is -0.456 e. The second kappa shape index (κ2) is 9.05. The predicted octanol–water partition coefficient (Wildman–Crippen LogP) is 11.7. The first-order valence-corrected chi connectivity index (χ1v) is 15.7. The van der Waals surface area contributed by atoms with E-state index < -0.39 is 0 Å². The molecule has 0 unspecified atom stereocenters. The van der Waals surface area contributed by atoms with Crippen LogP contribution in [0.15, 0.2) is 148 Å². The Hall–Kier alpha value is -6.46. The summed E-state index contributed by atoms with van der Waals surface area (Å²) in [6.07, 6.45) is 0. The number of aromatic nitrogens is 2. The lowest BCUT2D eigenvalue weighted by atomic mass is 9.89. The molecule has 47 heavy (non-hydrogen) atoms. The molecule has 0 amide bonds. The summed E-state index contributed by atoms with van der Waals surface area (Å²) in [7, 11) is 0. The SMILES string of the molecule is c1ccc2cc3c(cc2c1)-c1cccc2cccc(c12)N3c1nc(-c2ccc3c(c2)oc2ccccc23)c2oc3ccccc3c2n1. The Balaban J connectivity index is 1.25. The molecule has 11 rings (SSSR count). The molecule has 0 spiro atoms. The van der Waals surface area contributed by atoms with Gasteiger partial charge in [-0.3, -0.25) is 4.90 Å². The molecular formula is C42H23N3O2. The first kappa shape index (κ1) is 24.8. The topological polar surface area (TPSA) is 55.3 Å². The second-order valence-corrected chi connectivity index (χ2v) is 12.2. The van der Waals surface area contributed by atoms with Gasteiger partial charge in [-0.2, -0.15) is 0 Å². The van der Waals surface area contributed by atoms with Gasteiger partial charge in [0.15, 0.2) is 5.58 Å². The zero-order chi connectivity index (χ0) is 30.6. The number of nitrogens with zero attached hydrogens (tertiary/aromatic N) is 3. The molecule has 3 aromatic heterocycles. The molecule has 1 aliphatic heterocycles. The lowest BCUT2D eigenvalue weighted by Gasteiger charge is -2.32. The fraction of sp³-hybridized carbons (Fsp3) is 0. The van der Waals surface area contributed by atoms with E-state index >= 15 is 0 Å². The highest BCUT2D eigenvalue weighted by Crippen LogP contribution is 2.52. The molecule has 5 nitrogen and oxygen atoms in total. The summed E-state index contributed by atoms with van der Waals surface area (Å²) >= 11 is 0. The van der Waals surface area contributed by atoms with Gasteiger partial charge in [0.05, 0.1) is 11.4 Å². The van der Waals surface area contributed by atoms with Crippen LogP contribution < -0.4 is 4.90 Å². The van der Waals surface area contributed by atoms with E-state index in [-0.39, 0.29) is 0 Å². The molecule has 0 saturated carbocycles. The molecule has 5 heteroatoms. The van der Waals surface area contributed by atoms with Gasteiger partial charge in [0.25, 0.3) is 0 Å². The minimum atomic E-state index is 0.585. The van der Waals surface area contributed by atoms with E-state index in [4.69, 9.17) is 18.8 Å². The van der Waals surface area contributed by atoms with Gasteiger partial charge in [-0.15, -0.1) is 0 Å². The minimum absolute atomic E-state index is 0.585. The quantitative estimate of drug-likeness (QED) is 0.197. The Morgan fingerprint density at radius 3 is 2.04 bits per heavy atom. The lowest BCUT2D eigenvalue weighted by Crippen LogP contribution is -2.18. The third-order valence-electron chi connectivity index (χ3n) is 9.58. The van der Waals surface area contributed by atoms with Crippen molar-refractivity contribution in [2.24, 2.45) is 0 Å². The largest absolute Gasteiger partial charge is 0.456 e. The summed E-state index contributed by atoms with van der Waals surface area (Å²) in [6, 6.07) is 48.6. The van der Waals surface area contributed by atoms with E-state index in [2.05, 4.69) is 108 Å². The molecule has 218 valence electrons. The highest BCUT2D eigenvalue weighted by atomic mass is 16.3. The molecule has 0 N–H and O–H groups in total. The van der Waals surface area contributed by atoms with Gasteiger partial charge >= 0.3 is 0 Å². The second-order valence-electron chi connectivity index (χ2n) is 12.2. The van der Waals surface area contributed by atoms with Gasteiger partial charge in [0.1, 0.15) is 28.0 Å². The zero-order valence-corrected chi connectivity index (χ0v) is 24.9. The third kappa shape index (κ3) is 3.43. The maximum absolute atomic E-state index is 6.52. The van der Waals surface area contributed by atoms with Crippen molar-refractivity contribution >= 4 is 82.9 Å². The number of hydrogen-bond donors (Lipinski definition) is 0. The van der Waals surface area contributed by atoms with Crippen molar-refractivity contribution in [1.82, 2.24) is 9.97 Å². The monoisotopic (exact) mass is 601 g/mol. The van der Waals surface area contributed by atoms with Crippen LogP contribution in [0.25, 0.3) is 87.9 Å². The van der Waals surface area contributed by atoms with Crippen molar-refractivity contribution < 1.29 is 8.83 Å². The number of fused-ring (bicyclic) bond motifs is 9. The van der Waals surface area contributed by atoms with Gasteiger partial charge in [-0.25, -0.2) is 9.97 Å². The van der Waals surface area contributed by atoms with Crippen LogP contribution in [0.2, 0.25) is 0 Å². The van der Waals surface area contributed by atoms with Gasteiger partial charge in [-0.05, 0) is 70.3 Å². The van der Waals surface area contributed by atoms with Crippen LogP contribution in [-0.2, 0) is 0 Å². The summed E-state index contributed by atoms with van der Waals surface area (Å²) < 4.78 is 12.8. The van der Waals surface area contributed by atoms with Crippen LogP contribution in [0.5, 0.6) is 0 Å². The number of rotatable bonds is 2. The summed E-state index contributed by atoms with van der Waals surface area (Å²) in [6.45, 7) is 0. The van der Waals surface area contributed by atoms with Crippen LogP contribution in [0.4, 0.5) is 17.3 Å². The smallest absolute Gasteiger partial charge is 0.236 e. The van der Waals surface area contributed by atoms with Crippen molar-refractivity contribution in [3.63, 3.8) is 0 Å². The van der Waals surface area contributed by atoms with E-state index in [1.54, 1.807) is 0 Å². The Bertz CT molecular complexity index is 2930. The van der Waals surface area contributed by atoms with Crippen molar-refractivity contribution in [2.45, 2.75) is 0 Å². The number of hydrogen-bond acceptors (Lipinski definition) is 5. The number of anilines is 3. The maximum Gasteiger partial charge on any atom is 0.236 e. The standard InChI is InChI=1S/C42H23N3O2/c1-2-10-26-22-34-32(21-25(26)9-1)30-15-7-11-24-12-8-16-33(38(24)30)45(34)42-43-39(41-40(44-42)31-14-4-6-18-36(31)47-41)27-19-20-29-28-13-3-5-17-35(28)46-37(29)23-27/h1-23H. The van der Waals surface area contributed by atoms with Gasteiger partial charge in [0.2, 0.25) is 5.95 Å². The van der Waals surface area contributed by atoms with E-state index in [0.717, 1.165) is 72.0 Å². The average molecular weight is 602 g/mol. The van der Waals surface area contributed by atoms with E-state index in [1.165, 1.54) is 21.7 Å². The molecule has 0 atom stereocenters. The molecule has 1 aliphatic rings. The highest BCUT2D eigenvalue weighted by Gasteiger charge is 2.30. The molecule has 7 aromatic carbocycles. The van der Waals surface area contributed by atoms with Crippen molar-refractivity contribution in [3.8, 4) is 22.4 Å². The molecule has 10 aromatic rings. The Labute approximate surface area is 267 Å². The van der Waals surface area contributed by atoms with Crippen LogP contribution in [0.3, 0.4) is 0 Å². The van der Waals surface area contributed by atoms with Crippen LogP contribution >= 0.6 is 0 Å². The van der Waals surface area contributed by atoms with Gasteiger partial charge < -0.3 is 8.83 Å². The highest BCUT2D eigenvalue weighted by molar-refractivity contribution is 6.16. The summed E-state index contributed by atoms with van der Waals surface area (Å²) in [4.78, 5) is 12.9. The lowest BCUT2D eigenvalue weighted by molar-refractivity contribution is 0.666. The van der Waals surface area contributed by atoms with E-state index in [0.29, 0.717) is 11.5 Å². The van der Waals surface area contributed by atoms with Crippen LogP contribution in [0, 0.1) is 0 Å². The average Bonchev–Trinajstić information content (AvgIpc) is 3.69. The fourth-order valence-electron chi connectivity index (χ4n) is 7.45. The Morgan fingerprint density at radius 1 is 0.468 bits per heavy atom. The van der Waals surface area contributed by atoms with E-state index in [1.807, 2.05) is 36.4 Å². The third-order valence-corrected chi connectivity index (χ3v) is 9.58. The number of benzene rings is 7. The molecular weight excluding hydrogens is 578 g/mol. The molecule has 0 saturated heterocycles. The van der Waals surface area contributed by atoms with Gasteiger partial charge in [-0.1, -0.05) is 91.0 Å². The first-order valence-electron chi connectivity index (χ1n) is 15.7. The molecule has 0 bridgehead atoms. The van der Waals surface area contributed by atoms with Crippen LogP contribution in [-0.4, -0.2) is 9.97 Å². The number of furan rings is 2. The summed E-state index contributed by atoms with van der Waals surface area (Å²) in [5.74, 6) is 0.585. The Morgan fingerprint density at radius 2 is 1.17 bits per heavy atom. The fourth-order valence-corrected chi connectivity index (χ4v) is 7.45. The zero-order valence-electron chi connectivity index (χ0n) is 24.9. The summed E-state index contributed by atoms with van der Waals surface area (Å²) in [5.41, 5.74) is 9.95. The molecule has 0 aliphatic carbocycles. The normalized spacial score (nSPS) is 12.6. The van der Waals surface area contributed by atoms with E-state index in [9.17, 15) is 0 Å². The predicted molar refractivity (Wildman–Crippen MR) is 191 cm³/mol.